The highest BCUT2D eigenvalue weighted by atomic mass is 19.1. The molecule has 1 aliphatic rings. The van der Waals surface area contributed by atoms with E-state index in [1.54, 1.807) is 6.07 Å². The van der Waals surface area contributed by atoms with E-state index in [0.29, 0.717) is 17.6 Å². The van der Waals surface area contributed by atoms with Crippen LogP contribution in [-0.4, -0.2) is 23.5 Å². The summed E-state index contributed by atoms with van der Waals surface area (Å²) < 4.78 is 15.1. The summed E-state index contributed by atoms with van der Waals surface area (Å²) in [5, 5.41) is 10.6. The van der Waals surface area contributed by atoms with Gasteiger partial charge >= 0.3 is 0 Å². The molecule has 0 amide bonds. The van der Waals surface area contributed by atoms with E-state index in [2.05, 4.69) is 62.1 Å². The van der Waals surface area contributed by atoms with Crippen molar-refractivity contribution in [3.05, 3.63) is 71.5 Å². The molecule has 0 saturated heterocycles. The summed E-state index contributed by atoms with van der Waals surface area (Å²) in [5.41, 5.74) is 1.24. The molecule has 0 spiro atoms. The third-order valence-electron chi connectivity index (χ3n) is 7.83. The third kappa shape index (κ3) is 6.24. The zero-order valence-corrected chi connectivity index (χ0v) is 20.8. The van der Waals surface area contributed by atoms with Gasteiger partial charge in [-0.2, -0.15) is 5.26 Å². The fourth-order valence-electron chi connectivity index (χ4n) is 5.95. The number of rotatable bonds is 11. The molecule has 3 rings (SSSR count). The fraction of sp³-hybridized carbons (Fsp3) is 0.567. The van der Waals surface area contributed by atoms with Crippen molar-refractivity contribution in [2.75, 3.05) is 6.54 Å². The third-order valence-corrected chi connectivity index (χ3v) is 7.83. The highest BCUT2D eigenvalue weighted by Gasteiger charge is 2.43. The van der Waals surface area contributed by atoms with Crippen LogP contribution >= 0.6 is 0 Å². The van der Waals surface area contributed by atoms with E-state index in [0.717, 1.165) is 57.9 Å². The summed E-state index contributed by atoms with van der Waals surface area (Å²) >= 11 is 0. The van der Waals surface area contributed by atoms with Crippen LogP contribution in [0.25, 0.3) is 0 Å². The van der Waals surface area contributed by atoms with Crippen LogP contribution in [0.5, 0.6) is 0 Å². The van der Waals surface area contributed by atoms with Gasteiger partial charge in [0.1, 0.15) is 5.82 Å². The van der Waals surface area contributed by atoms with Crippen molar-refractivity contribution in [1.82, 2.24) is 4.90 Å². The summed E-state index contributed by atoms with van der Waals surface area (Å²) in [6.45, 7) is 7.79. The predicted molar refractivity (Wildman–Crippen MR) is 136 cm³/mol. The van der Waals surface area contributed by atoms with Crippen LogP contribution in [0.2, 0.25) is 0 Å². The van der Waals surface area contributed by atoms with Crippen LogP contribution in [0.3, 0.4) is 0 Å². The van der Waals surface area contributed by atoms with Gasteiger partial charge in [0, 0.05) is 24.2 Å². The van der Waals surface area contributed by atoms with E-state index in [9.17, 15) is 5.26 Å². The monoisotopic (exact) mass is 448 g/mol. The van der Waals surface area contributed by atoms with Crippen LogP contribution < -0.4 is 0 Å². The number of halogens is 1. The number of nitrogens with zero attached hydrogens (tertiary/aromatic N) is 2. The topological polar surface area (TPSA) is 27.0 Å². The Morgan fingerprint density at radius 1 is 1.03 bits per heavy atom. The van der Waals surface area contributed by atoms with Crippen molar-refractivity contribution in [2.24, 2.45) is 5.92 Å². The van der Waals surface area contributed by atoms with Gasteiger partial charge in [0.2, 0.25) is 0 Å². The van der Waals surface area contributed by atoms with Crippen molar-refractivity contribution in [3.8, 4) is 6.07 Å². The van der Waals surface area contributed by atoms with Crippen molar-refractivity contribution in [2.45, 2.75) is 96.1 Å². The van der Waals surface area contributed by atoms with Crippen LogP contribution in [0.4, 0.5) is 4.39 Å². The molecule has 2 nitrogen and oxygen atoms in total. The van der Waals surface area contributed by atoms with E-state index in [4.69, 9.17) is 0 Å². The Bertz CT molecular complexity index is 882. The number of benzene rings is 2. The van der Waals surface area contributed by atoms with Gasteiger partial charge in [-0.3, -0.25) is 4.90 Å². The second kappa shape index (κ2) is 12.3. The zero-order chi connectivity index (χ0) is 23.7. The Balaban J connectivity index is 1.82. The quantitative estimate of drug-likeness (QED) is 0.352. The minimum atomic E-state index is -0.735. The second-order valence-corrected chi connectivity index (χ2v) is 10.1. The average molecular weight is 449 g/mol. The number of nitriles is 1. The zero-order valence-electron chi connectivity index (χ0n) is 20.8. The van der Waals surface area contributed by atoms with Gasteiger partial charge in [0.25, 0.3) is 0 Å². The number of hydrogen-bond donors (Lipinski definition) is 0. The standard InChI is InChI=1S/C30H41FN2/c1-4-27(33(24(2)3)22-20-25-13-7-5-8-14-25)19-21-30(23-32,26-15-9-6-10-16-26)28-17-11-12-18-29(28)31/h5,7-8,11-14,17-18,24,26-27H,4,6,9-10,15-16,19-22H2,1-3H3. The lowest BCUT2D eigenvalue weighted by atomic mass is 9.63. The Morgan fingerprint density at radius 2 is 1.70 bits per heavy atom. The van der Waals surface area contributed by atoms with E-state index < -0.39 is 5.41 Å². The lowest BCUT2D eigenvalue weighted by Gasteiger charge is -2.41. The van der Waals surface area contributed by atoms with E-state index >= 15 is 4.39 Å². The van der Waals surface area contributed by atoms with Gasteiger partial charge < -0.3 is 0 Å². The molecule has 2 aromatic carbocycles. The molecular weight excluding hydrogens is 407 g/mol. The smallest absolute Gasteiger partial charge is 0.128 e. The maximum absolute atomic E-state index is 15.1. The molecule has 1 aliphatic carbocycles. The summed E-state index contributed by atoms with van der Waals surface area (Å²) in [5.74, 6) is 0.0185. The summed E-state index contributed by atoms with van der Waals surface area (Å²) in [7, 11) is 0. The largest absolute Gasteiger partial charge is 0.298 e. The van der Waals surface area contributed by atoms with Crippen molar-refractivity contribution in [3.63, 3.8) is 0 Å². The van der Waals surface area contributed by atoms with Crippen LogP contribution in [0, 0.1) is 23.1 Å². The lowest BCUT2D eigenvalue weighted by molar-refractivity contribution is 0.127. The Morgan fingerprint density at radius 3 is 2.30 bits per heavy atom. The maximum atomic E-state index is 15.1. The van der Waals surface area contributed by atoms with E-state index in [-0.39, 0.29) is 11.7 Å². The molecule has 3 heteroatoms. The molecular formula is C30H41FN2. The normalized spacial score (nSPS) is 17.6. The molecule has 2 atom stereocenters. The molecule has 1 fully saturated rings. The molecule has 0 bridgehead atoms. The Kier molecular flexibility index (Phi) is 9.51. The molecule has 0 aromatic heterocycles. The average Bonchev–Trinajstić information content (AvgIpc) is 2.85. The Hall–Kier alpha value is -2.18. The minimum Gasteiger partial charge on any atom is -0.298 e. The first-order chi connectivity index (χ1) is 16.0. The SMILES string of the molecule is CCC(CCC(C#N)(c1ccccc1F)C1CCCCC1)N(CCc1ccccc1)C(C)C. The molecule has 178 valence electrons. The molecule has 2 unspecified atom stereocenters. The van der Waals surface area contributed by atoms with Crippen LogP contribution in [-0.2, 0) is 11.8 Å². The maximum Gasteiger partial charge on any atom is 0.128 e. The van der Waals surface area contributed by atoms with Gasteiger partial charge in [-0.05, 0) is 69.9 Å². The molecule has 0 N–H and O–H groups in total. The van der Waals surface area contributed by atoms with Gasteiger partial charge in [-0.1, -0.05) is 74.7 Å². The van der Waals surface area contributed by atoms with E-state index in [1.165, 1.54) is 18.1 Å². The second-order valence-electron chi connectivity index (χ2n) is 10.1. The minimum absolute atomic E-state index is 0.220. The highest BCUT2D eigenvalue weighted by molar-refractivity contribution is 5.35. The Labute approximate surface area is 200 Å². The van der Waals surface area contributed by atoms with Crippen molar-refractivity contribution in [1.29, 1.82) is 5.26 Å². The lowest BCUT2D eigenvalue weighted by Crippen LogP contribution is -2.44. The first kappa shape index (κ1) is 25.4. The highest BCUT2D eigenvalue weighted by Crippen LogP contribution is 2.45. The first-order valence-corrected chi connectivity index (χ1v) is 13.0. The molecule has 2 aromatic rings. The van der Waals surface area contributed by atoms with Crippen molar-refractivity contribution >= 4 is 0 Å². The van der Waals surface area contributed by atoms with Crippen LogP contribution in [0.15, 0.2) is 54.6 Å². The molecule has 0 heterocycles. The van der Waals surface area contributed by atoms with Gasteiger partial charge in [-0.25, -0.2) is 4.39 Å². The van der Waals surface area contributed by atoms with Crippen LogP contribution in [0.1, 0.15) is 83.3 Å². The molecule has 1 saturated carbocycles. The first-order valence-electron chi connectivity index (χ1n) is 13.0. The fourth-order valence-corrected chi connectivity index (χ4v) is 5.95. The van der Waals surface area contributed by atoms with E-state index in [1.807, 2.05) is 12.1 Å². The molecule has 33 heavy (non-hydrogen) atoms. The van der Waals surface area contributed by atoms with Gasteiger partial charge in [0.15, 0.2) is 0 Å². The summed E-state index contributed by atoms with van der Waals surface area (Å²) in [6, 6.07) is 21.2. The van der Waals surface area contributed by atoms with Gasteiger partial charge in [-0.15, -0.1) is 0 Å². The number of hydrogen-bond acceptors (Lipinski definition) is 2. The molecule has 0 radical (unpaired) electrons. The van der Waals surface area contributed by atoms with Gasteiger partial charge in [0.05, 0.1) is 11.5 Å². The summed E-state index contributed by atoms with van der Waals surface area (Å²) in [6.07, 6.45) is 9.29. The molecule has 0 aliphatic heterocycles. The predicted octanol–water partition coefficient (Wildman–Crippen LogP) is 7.68. The summed E-state index contributed by atoms with van der Waals surface area (Å²) in [4.78, 5) is 2.59. The van der Waals surface area contributed by atoms with Crippen molar-refractivity contribution < 1.29 is 4.39 Å².